The monoisotopic (exact) mass is 260 g/mol. The number of nitrogens with zero attached hydrogens (tertiary/aromatic N) is 3. The zero-order valence-corrected chi connectivity index (χ0v) is 11.8. The molecule has 1 unspecified atom stereocenters. The van der Waals surface area contributed by atoms with Gasteiger partial charge < -0.3 is 10.6 Å². The van der Waals surface area contributed by atoms with E-state index in [2.05, 4.69) is 27.8 Å². The molecule has 1 atom stereocenters. The highest BCUT2D eigenvalue weighted by Gasteiger charge is 2.31. The van der Waals surface area contributed by atoms with Crippen LogP contribution in [0.25, 0.3) is 0 Å². The fraction of sp³-hybridized carbons (Fsp3) is 0.667. The summed E-state index contributed by atoms with van der Waals surface area (Å²) in [5.41, 5.74) is 7.23. The van der Waals surface area contributed by atoms with E-state index in [1.165, 1.54) is 31.5 Å². The Balaban J connectivity index is 1.68. The number of hydrogen-bond donors (Lipinski definition) is 1. The zero-order chi connectivity index (χ0) is 13.2. The maximum Gasteiger partial charge on any atom is 0.131 e. The summed E-state index contributed by atoms with van der Waals surface area (Å²) in [6.07, 6.45) is 5.61. The van der Waals surface area contributed by atoms with Gasteiger partial charge in [-0.15, -0.1) is 0 Å². The van der Waals surface area contributed by atoms with Crippen LogP contribution in [0.5, 0.6) is 0 Å². The fourth-order valence-corrected chi connectivity index (χ4v) is 2.96. The molecule has 3 rings (SSSR count). The van der Waals surface area contributed by atoms with Crippen molar-refractivity contribution in [2.75, 3.05) is 31.1 Å². The number of nitrogens with two attached hydrogens (primary N) is 1. The smallest absolute Gasteiger partial charge is 0.131 e. The van der Waals surface area contributed by atoms with Crippen LogP contribution in [0.1, 0.15) is 25.3 Å². The van der Waals surface area contributed by atoms with Crippen LogP contribution in [0.2, 0.25) is 0 Å². The van der Waals surface area contributed by atoms with Gasteiger partial charge in [-0.05, 0) is 37.8 Å². The summed E-state index contributed by atoms with van der Waals surface area (Å²) in [5, 5.41) is 0. The highest BCUT2D eigenvalue weighted by Crippen LogP contribution is 2.28. The van der Waals surface area contributed by atoms with E-state index in [-0.39, 0.29) is 6.04 Å². The second kappa shape index (κ2) is 5.47. The topological polar surface area (TPSA) is 45.4 Å². The molecule has 2 N–H and O–H groups in total. The predicted octanol–water partition coefficient (Wildman–Crippen LogP) is 1.26. The summed E-state index contributed by atoms with van der Waals surface area (Å²) in [4.78, 5) is 9.65. The predicted molar refractivity (Wildman–Crippen MR) is 78.4 cm³/mol. The first kappa shape index (κ1) is 12.9. The van der Waals surface area contributed by atoms with Crippen molar-refractivity contribution in [1.82, 2.24) is 9.88 Å². The first-order valence-corrected chi connectivity index (χ1v) is 7.42. The van der Waals surface area contributed by atoms with Crippen molar-refractivity contribution in [3.8, 4) is 0 Å². The number of piperazine rings is 1. The third-order valence-electron chi connectivity index (χ3n) is 4.09. The largest absolute Gasteiger partial charge is 0.354 e. The first-order chi connectivity index (χ1) is 9.24. The molecule has 2 fully saturated rings. The van der Waals surface area contributed by atoms with E-state index in [4.69, 9.17) is 5.73 Å². The molecular formula is C15H24N4. The van der Waals surface area contributed by atoms with E-state index in [1.807, 2.05) is 12.3 Å². The second-order valence-electron chi connectivity index (χ2n) is 5.92. The average molecular weight is 260 g/mol. The average Bonchev–Trinajstić information content (AvgIpc) is 3.23. The molecule has 0 aromatic carbocycles. The van der Waals surface area contributed by atoms with Crippen molar-refractivity contribution in [2.24, 2.45) is 5.73 Å². The van der Waals surface area contributed by atoms with E-state index in [0.717, 1.165) is 31.4 Å². The second-order valence-corrected chi connectivity index (χ2v) is 5.92. The Hall–Kier alpha value is -1.13. The summed E-state index contributed by atoms with van der Waals surface area (Å²) >= 11 is 0. The van der Waals surface area contributed by atoms with Gasteiger partial charge in [0.2, 0.25) is 0 Å². The van der Waals surface area contributed by atoms with Crippen LogP contribution in [-0.4, -0.2) is 48.1 Å². The zero-order valence-electron chi connectivity index (χ0n) is 11.8. The molecule has 1 aliphatic carbocycles. The minimum absolute atomic E-state index is 0.190. The lowest BCUT2D eigenvalue weighted by Crippen LogP contribution is -2.47. The molecule has 4 heteroatoms. The normalized spacial score (nSPS) is 22.5. The van der Waals surface area contributed by atoms with E-state index in [0.29, 0.717) is 0 Å². The van der Waals surface area contributed by atoms with Gasteiger partial charge >= 0.3 is 0 Å². The minimum atomic E-state index is 0.190. The summed E-state index contributed by atoms with van der Waals surface area (Å²) < 4.78 is 0. The van der Waals surface area contributed by atoms with E-state index in [1.54, 1.807) is 0 Å². The molecule has 0 bridgehead atoms. The first-order valence-electron chi connectivity index (χ1n) is 7.42. The Kier molecular flexibility index (Phi) is 3.71. The van der Waals surface area contributed by atoms with Crippen LogP contribution >= 0.6 is 0 Å². The molecule has 2 aliphatic rings. The molecular weight excluding hydrogens is 236 g/mol. The summed E-state index contributed by atoms with van der Waals surface area (Å²) in [7, 11) is 0. The van der Waals surface area contributed by atoms with Gasteiger partial charge in [0.25, 0.3) is 0 Å². The lowest BCUT2D eigenvalue weighted by Gasteiger charge is -2.36. The summed E-state index contributed by atoms with van der Waals surface area (Å²) in [6.45, 7) is 6.61. The van der Waals surface area contributed by atoms with Crippen LogP contribution in [0.4, 0.5) is 5.82 Å². The molecule has 104 valence electrons. The Morgan fingerprint density at radius 3 is 2.68 bits per heavy atom. The third kappa shape index (κ3) is 3.07. The maximum absolute atomic E-state index is 5.94. The molecule has 2 heterocycles. The van der Waals surface area contributed by atoms with E-state index in [9.17, 15) is 0 Å². The number of rotatable bonds is 4. The number of aromatic nitrogens is 1. The molecule has 1 aliphatic heterocycles. The van der Waals surface area contributed by atoms with Gasteiger partial charge in [0.1, 0.15) is 5.82 Å². The van der Waals surface area contributed by atoms with Gasteiger partial charge in [0.05, 0.1) is 0 Å². The Morgan fingerprint density at radius 2 is 2.05 bits per heavy atom. The molecule has 0 amide bonds. The Bertz CT molecular complexity index is 420. The summed E-state index contributed by atoms with van der Waals surface area (Å²) in [5.74, 6) is 1.15. The maximum atomic E-state index is 5.94. The van der Waals surface area contributed by atoms with Crippen LogP contribution < -0.4 is 10.6 Å². The molecule has 0 radical (unpaired) electrons. The van der Waals surface area contributed by atoms with Gasteiger partial charge in [-0.3, -0.25) is 4.90 Å². The van der Waals surface area contributed by atoms with E-state index >= 15 is 0 Å². The van der Waals surface area contributed by atoms with Crippen LogP contribution in [0, 0.1) is 0 Å². The highest BCUT2D eigenvalue weighted by molar-refractivity contribution is 5.47. The molecule has 0 spiro atoms. The van der Waals surface area contributed by atoms with Gasteiger partial charge in [0.15, 0.2) is 0 Å². The van der Waals surface area contributed by atoms with Gasteiger partial charge in [-0.2, -0.15) is 0 Å². The Morgan fingerprint density at radius 1 is 1.32 bits per heavy atom. The third-order valence-corrected chi connectivity index (χ3v) is 4.09. The summed E-state index contributed by atoms with van der Waals surface area (Å²) in [6, 6.07) is 5.26. The lowest BCUT2D eigenvalue weighted by molar-refractivity contribution is 0.247. The minimum Gasteiger partial charge on any atom is -0.354 e. The number of pyridine rings is 1. The van der Waals surface area contributed by atoms with Crippen molar-refractivity contribution in [3.05, 3.63) is 23.9 Å². The van der Waals surface area contributed by atoms with Gasteiger partial charge in [0, 0.05) is 44.5 Å². The number of anilines is 1. The van der Waals surface area contributed by atoms with Crippen molar-refractivity contribution >= 4 is 5.82 Å². The Labute approximate surface area is 115 Å². The molecule has 1 aromatic heterocycles. The highest BCUT2D eigenvalue weighted by atomic mass is 15.3. The molecule has 1 saturated heterocycles. The van der Waals surface area contributed by atoms with Gasteiger partial charge in [-0.1, -0.05) is 6.07 Å². The van der Waals surface area contributed by atoms with E-state index < -0.39 is 0 Å². The molecule has 19 heavy (non-hydrogen) atoms. The number of hydrogen-bond acceptors (Lipinski definition) is 4. The molecule has 4 nitrogen and oxygen atoms in total. The van der Waals surface area contributed by atoms with Gasteiger partial charge in [-0.25, -0.2) is 4.98 Å². The quantitative estimate of drug-likeness (QED) is 0.885. The van der Waals surface area contributed by atoms with Crippen LogP contribution in [0.3, 0.4) is 0 Å². The van der Waals surface area contributed by atoms with Crippen molar-refractivity contribution < 1.29 is 0 Å². The van der Waals surface area contributed by atoms with Crippen LogP contribution in [-0.2, 0) is 6.42 Å². The van der Waals surface area contributed by atoms with Crippen molar-refractivity contribution in [2.45, 2.75) is 38.3 Å². The SMILES string of the molecule is CC(N)Cc1cccnc1N1CCN(C2CC2)CC1. The fourth-order valence-electron chi connectivity index (χ4n) is 2.96. The standard InChI is InChI=1S/C15H24N4/c1-12(16)11-13-3-2-6-17-15(13)19-9-7-18(8-10-19)14-4-5-14/h2-3,6,12,14H,4-5,7-11,16H2,1H3. The van der Waals surface area contributed by atoms with Crippen molar-refractivity contribution in [1.29, 1.82) is 0 Å². The molecule has 1 saturated carbocycles. The lowest BCUT2D eigenvalue weighted by atomic mass is 10.1. The van der Waals surface area contributed by atoms with Crippen LogP contribution in [0.15, 0.2) is 18.3 Å². The molecule has 1 aromatic rings. The van der Waals surface area contributed by atoms with Crippen molar-refractivity contribution in [3.63, 3.8) is 0 Å².